The Kier molecular flexibility index (Phi) is 5.26. The number of fused-ring (bicyclic) bond motifs is 1. The third-order valence-electron chi connectivity index (χ3n) is 4.85. The summed E-state index contributed by atoms with van der Waals surface area (Å²) in [4.78, 5) is 31.3. The van der Waals surface area contributed by atoms with Crippen LogP contribution in [-0.4, -0.2) is 56.8 Å². The molecule has 0 bridgehead atoms. The van der Waals surface area contributed by atoms with Crippen LogP contribution in [0.1, 0.15) is 24.3 Å². The van der Waals surface area contributed by atoms with E-state index in [2.05, 4.69) is 15.4 Å². The zero-order chi connectivity index (χ0) is 20.4. The summed E-state index contributed by atoms with van der Waals surface area (Å²) >= 11 is 0. The smallest absolute Gasteiger partial charge is 0.274 e. The molecule has 1 fully saturated rings. The van der Waals surface area contributed by atoms with Gasteiger partial charge in [0.2, 0.25) is 5.91 Å². The number of amides is 2. The molecule has 3 aromatic rings. The number of benzene rings is 1. The van der Waals surface area contributed by atoms with Crippen LogP contribution in [-0.2, 0) is 16.1 Å². The van der Waals surface area contributed by atoms with Crippen molar-refractivity contribution in [2.24, 2.45) is 0 Å². The Labute approximate surface area is 168 Å². The first-order valence-corrected chi connectivity index (χ1v) is 9.60. The van der Waals surface area contributed by atoms with Crippen LogP contribution in [0, 0.1) is 0 Å². The highest BCUT2D eigenvalue weighted by Crippen LogP contribution is 2.18. The maximum Gasteiger partial charge on any atom is 0.274 e. The van der Waals surface area contributed by atoms with E-state index in [0.29, 0.717) is 24.5 Å². The minimum absolute atomic E-state index is 0.0170. The van der Waals surface area contributed by atoms with Crippen molar-refractivity contribution >= 4 is 28.3 Å². The number of aromatic nitrogens is 3. The van der Waals surface area contributed by atoms with E-state index in [4.69, 9.17) is 4.74 Å². The number of morpholine rings is 1. The maximum absolute atomic E-state index is 12.7. The number of rotatable bonds is 4. The Balaban J connectivity index is 1.42. The van der Waals surface area contributed by atoms with Gasteiger partial charge in [-0.1, -0.05) is 24.3 Å². The second-order valence-corrected chi connectivity index (χ2v) is 7.32. The van der Waals surface area contributed by atoms with E-state index in [0.717, 1.165) is 10.8 Å². The molecule has 8 heteroatoms. The lowest BCUT2D eigenvalue weighted by molar-refractivity contribution is -0.144. The van der Waals surface area contributed by atoms with Gasteiger partial charge in [0.1, 0.15) is 12.2 Å². The van der Waals surface area contributed by atoms with Crippen LogP contribution in [0.5, 0.6) is 0 Å². The third-order valence-corrected chi connectivity index (χ3v) is 4.85. The summed E-state index contributed by atoms with van der Waals surface area (Å²) in [5.41, 5.74) is 0.865. The molecule has 1 N–H and O–H groups in total. The number of ether oxygens (including phenoxy) is 1. The molecule has 0 aliphatic carbocycles. The van der Waals surface area contributed by atoms with Gasteiger partial charge in [-0.15, -0.1) is 0 Å². The molecule has 29 heavy (non-hydrogen) atoms. The van der Waals surface area contributed by atoms with Gasteiger partial charge in [0.15, 0.2) is 0 Å². The standard InChI is InChI=1S/C21H23N5O3/c1-14-10-25(11-15(2)29-14)19(27)13-26-12-17(9-23-26)24-21(28)20-18-6-4-3-5-16(18)7-8-22-20/h3-9,12,14-15H,10-11,13H2,1-2H3,(H,24,28). The van der Waals surface area contributed by atoms with Gasteiger partial charge < -0.3 is 15.0 Å². The summed E-state index contributed by atoms with van der Waals surface area (Å²) in [5, 5.41) is 8.74. The molecule has 3 heterocycles. The zero-order valence-electron chi connectivity index (χ0n) is 16.4. The molecule has 0 saturated carbocycles. The molecular formula is C21H23N5O3. The molecular weight excluding hydrogens is 370 g/mol. The van der Waals surface area contributed by atoms with Gasteiger partial charge in [0.05, 0.1) is 24.1 Å². The fourth-order valence-corrected chi connectivity index (χ4v) is 3.63. The SMILES string of the molecule is CC1CN(C(=O)Cn2cc(NC(=O)c3nccc4ccccc34)cn2)CC(C)O1. The van der Waals surface area contributed by atoms with Gasteiger partial charge in [-0.3, -0.25) is 19.3 Å². The average molecular weight is 393 g/mol. The molecule has 1 saturated heterocycles. The average Bonchev–Trinajstić information content (AvgIpc) is 3.13. The molecule has 8 nitrogen and oxygen atoms in total. The molecule has 2 atom stereocenters. The van der Waals surface area contributed by atoms with Crippen LogP contribution in [0.25, 0.3) is 10.8 Å². The van der Waals surface area contributed by atoms with Crippen molar-refractivity contribution in [1.82, 2.24) is 19.7 Å². The van der Waals surface area contributed by atoms with Gasteiger partial charge in [0.25, 0.3) is 5.91 Å². The van der Waals surface area contributed by atoms with Crippen LogP contribution in [0.4, 0.5) is 5.69 Å². The van der Waals surface area contributed by atoms with E-state index >= 15 is 0 Å². The maximum atomic E-state index is 12.7. The highest BCUT2D eigenvalue weighted by atomic mass is 16.5. The van der Waals surface area contributed by atoms with Gasteiger partial charge in [-0.25, -0.2) is 0 Å². The number of nitrogens with one attached hydrogen (secondary N) is 1. The van der Waals surface area contributed by atoms with E-state index < -0.39 is 0 Å². The van der Waals surface area contributed by atoms with Gasteiger partial charge in [-0.05, 0) is 25.3 Å². The van der Waals surface area contributed by atoms with E-state index in [1.54, 1.807) is 17.3 Å². The molecule has 2 aromatic heterocycles. The van der Waals surface area contributed by atoms with E-state index in [1.165, 1.54) is 10.9 Å². The van der Waals surface area contributed by atoms with Crippen molar-refractivity contribution in [2.45, 2.75) is 32.6 Å². The first-order chi connectivity index (χ1) is 14.0. The first-order valence-electron chi connectivity index (χ1n) is 9.60. The van der Waals surface area contributed by atoms with Gasteiger partial charge in [-0.2, -0.15) is 5.10 Å². The Morgan fingerprint density at radius 3 is 2.72 bits per heavy atom. The summed E-state index contributed by atoms with van der Waals surface area (Å²) in [7, 11) is 0. The number of carbonyl (C=O) groups excluding carboxylic acids is 2. The molecule has 150 valence electrons. The third kappa shape index (κ3) is 4.27. The first kappa shape index (κ1) is 19.1. The predicted molar refractivity (Wildman–Crippen MR) is 109 cm³/mol. The van der Waals surface area contributed by atoms with Crippen molar-refractivity contribution < 1.29 is 14.3 Å². The predicted octanol–water partition coefficient (Wildman–Crippen LogP) is 2.32. The van der Waals surface area contributed by atoms with Crippen molar-refractivity contribution in [2.75, 3.05) is 18.4 Å². The number of nitrogens with zero attached hydrogens (tertiary/aromatic N) is 4. The van der Waals surface area contributed by atoms with Crippen LogP contribution in [0.2, 0.25) is 0 Å². The van der Waals surface area contributed by atoms with Crippen LogP contribution in [0.15, 0.2) is 48.9 Å². The Morgan fingerprint density at radius 1 is 1.17 bits per heavy atom. The number of carbonyl (C=O) groups is 2. The summed E-state index contributed by atoms with van der Waals surface area (Å²) in [5.74, 6) is -0.341. The Morgan fingerprint density at radius 2 is 1.93 bits per heavy atom. The quantitative estimate of drug-likeness (QED) is 0.735. The van der Waals surface area contributed by atoms with Crippen molar-refractivity contribution in [1.29, 1.82) is 0 Å². The van der Waals surface area contributed by atoms with Crippen LogP contribution >= 0.6 is 0 Å². The van der Waals surface area contributed by atoms with Gasteiger partial charge in [0, 0.05) is 30.9 Å². The van der Waals surface area contributed by atoms with Crippen molar-refractivity contribution in [3.63, 3.8) is 0 Å². The van der Waals surface area contributed by atoms with E-state index in [1.807, 2.05) is 44.2 Å². The fraction of sp³-hybridized carbons (Fsp3) is 0.333. The second-order valence-electron chi connectivity index (χ2n) is 7.32. The minimum Gasteiger partial charge on any atom is -0.372 e. The van der Waals surface area contributed by atoms with Crippen molar-refractivity contribution in [3.8, 4) is 0 Å². The highest BCUT2D eigenvalue weighted by Gasteiger charge is 2.26. The molecule has 1 aromatic carbocycles. The highest BCUT2D eigenvalue weighted by molar-refractivity contribution is 6.11. The summed E-state index contributed by atoms with van der Waals surface area (Å²) in [6, 6.07) is 9.45. The minimum atomic E-state index is -0.316. The fourth-order valence-electron chi connectivity index (χ4n) is 3.63. The number of hydrogen-bond donors (Lipinski definition) is 1. The Hall–Kier alpha value is -3.26. The zero-order valence-corrected chi connectivity index (χ0v) is 16.4. The lowest BCUT2D eigenvalue weighted by Crippen LogP contribution is -2.49. The molecule has 0 spiro atoms. The number of anilines is 1. The topological polar surface area (TPSA) is 89.4 Å². The van der Waals surface area contributed by atoms with Gasteiger partial charge >= 0.3 is 0 Å². The summed E-state index contributed by atoms with van der Waals surface area (Å²) < 4.78 is 7.19. The van der Waals surface area contributed by atoms with Crippen LogP contribution < -0.4 is 5.32 Å². The molecule has 1 aliphatic rings. The monoisotopic (exact) mass is 393 g/mol. The normalized spacial score (nSPS) is 19.3. The molecule has 2 amide bonds. The second kappa shape index (κ2) is 8.00. The largest absolute Gasteiger partial charge is 0.372 e. The molecule has 1 aliphatic heterocycles. The lowest BCUT2D eigenvalue weighted by atomic mass is 10.1. The summed E-state index contributed by atoms with van der Waals surface area (Å²) in [6.07, 6.45) is 4.82. The molecule has 4 rings (SSSR count). The lowest BCUT2D eigenvalue weighted by Gasteiger charge is -2.35. The van der Waals surface area contributed by atoms with Crippen LogP contribution in [0.3, 0.4) is 0 Å². The molecule has 2 unspecified atom stereocenters. The van der Waals surface area contributed by atoms with E-state index in [9.17, 15) is 9.59 Å². The Bertz CT molecular complexity index is 1030. The number of pyridine rings is 1. The summed E-state index contributed by atoms with van der Waals surface area (Å²) in [6.45, 7) is 5.17. The number of hydrogen-bond acceptors (Lipinski definition) is 5. The van der Waals surface area contributed by atoms with Crippen molar-refractivity contribution in [3.05, 3.63) is 54.6 Å². The molecule has 0 radical (unpaired) electrons. The van der Waals surface area contributed by atoms with E-state index in [-0.39, 0.29) is 30.6 Å².